The van der Waals surface area contributed by atoms with Crippen molar-refractivity contribution >= 4 is 11.9 Å². The number of hydrogen-bond acceptors (Lipinski definition) is 4. The highest BCUT2D eigenvalue weighted by Crippen LogP contribution is 2.17. The molecule has 0 unspecified atom stereocenters. The molecule has 2 aromatic carbocycles. The van der Waals surface area contributed by atoms with Gasteiger partial charge in [-0.15, -0.1) is 0 Å². The van der Waals surface area contributed by atoms with Crippen LogP contribution in [0.3, 0.4) is 0 Å². The number of benzene rings is 2. The molecule has 0 spiro atoms. The average molecular weight is 343 g/mol. The van der Waals surface area contributed by atoms with Gasteiger partial charge in [0.25, 0.3) is 5.91 Å². The van der Waals surface area contributed by atoms with Gasteiger partial charge in [-0.3, -0.25) is 4.79 Å². The van der Waals surface area contributed by atoms with Gasteiger partial charge in [-0.25, -0.2) is 4.79 Å². The van der Waals surface area contributed by atoms with Crippen LogP contribution in [0.25, 0.3) is 0 Å². The first-order chi connectivity index (χ1) is 12.1. The molecule has 0 saturated carbocycles. The van der Waals surface area contributed by atoms with Crippen molar-refractivity contribution < 1.29 is 24.2 Å². The number of ether oxygens (including phenoxy) is 2. The molecule has 0 aliphatic heterocycles. The van der Waals surface area contributed by atoms with Crippen LogP contribution in [-0.2, 0) is 11.2 Å². The van der Waals surface area contributed by atoms with Crippen molar-refractivity contribution in [3.63, 3.8) is 0 Å². The fourth-order valence-electron chi connectivity index (χ4n) is 2.25. The van der Waals surface area contributed by atoms with E-state index in [4.69, 9.17) is 14.6 Å². The molecule has 132 valence electrons. The molecule has 0 bridgehead atoms. The lowest BCUT2D eigenvalue weighted by atomic mass is 10.1. The summed E-state index contributed by atoms with van der Waals surface area (Å²) in [5.74, 6) is -0.118. The lowest BCUT2D eigenvalue weighted by Gasteiger charge is -2.10. The van der Waals surface area contributed by atoms with Crippen LogP contribution in [0.15, 0.2) is 48.5 Å². The molecule has 6 nitrogen and oxygen atoms in total. The average Bonchev–Trinajstić information content (AvgIpc) is 2.61. The SMILES string of the molecule is CCOc1ccccc1C(=O)NCCc1ccc(OCC(=O)O)cc1. The Hall–Kier alpha value is -3.02. The lowest BCUT2D eigenvalue weighted by molar-refractivity contribution is -0.139. The molecule has 2 rings (SSSR count). The predicted molar refractivity (Wildman–Crippen MR) is 93.2 cm³/mol. The molecule has 0 radical (unpaired) electrons. The van der Waals surface area contributed by atoms with E-state index in [2.05, 4.69) is 5.32 Å². The number of nitrogens with one attached hydrogen (secondary N) is 1. The van der Waals surface area contributed by atoms with Crippen molar-refractivity contribution in [2.24, 2.45) is 0 Å². The highest BCUT2D eigenvalue weighted by molar-refractivity contribution is 5.96. The molecule has 0 aromatic heterocycles. The van der Waals surface area contributed by atoms with Crippen LogP contribution in [0.2, 0.25) is 0 Å². The highest BCUT2D eigenvalue weighted by Gasteiger charge is 2.11. The van der Waals surface area contributed by atoms with E-state index in [1.54, 1.807) is 30.3 Å². The minimum absolute atomic E-state index is 0.175. The first-order valence-corrected chi connectivity index (χ1v) is 8.03. The zero-order valence-corrected chi connectivity index (χ0v) is 14.0. The van der Waals surface area contributed by atoms with Crippen molar-refractivity contribution in [3.8, 4) is 11.5 Å². The number of carbonyl (C=O) groups excluding carboxylic acids is 1. The van der Waals surface area contributed by atoms with Gasteiger partial charge in [0.15, 0.2) is 6.61 Å². The zero-order chi connectivity index (χ0) is 18.1. The molecular weight excluding hydrogens is 322 g/mol. The van der Waals surface area contributed by atoms with Gasteiger partial charge >= 0.3 is 5.97 Å². The third kappa shape index (κ3) is 5.84. The van der Waals surface area contributed by atoms with Gasteiger partial charge in [0, 0.05) is 6.54 Å². The molecule has 0 atom stereocenters. The van der Waals surface area contributed by atoms with Gasteiger partial charge in [0.05, 0.1) is 12.2 Å². The number of amides is 1. The number of rotatable bonds is 9. The monoisotopic (exact) mass is 343 g/mol. The molecule has 0 saturated heterocycles. The molecular formula is C19H21NO5. The summed E-state index contributed by atoms with van der Waals surface area (Å²) in [6.45, 7) is 2.49. The predicted octanol–water partition coefficient (Wildman–Crippen LogP) is 2.52. The van der Waals surface area contributed by atoms with E-state index in [0.29, 0.717) is 36.6 Å². The first kappa shape index (κ1) is 18.3. The summed E-state index contributed by atoms with van der Waals surface area (Å²) in [5, 5.41) is 11.4. The summed E-state index contributed by atoms with van der Waals surface area (Å²) in [6, 6.07) is 14.2. The number of hydrogen-bond donors (Lipinski definition) is 2. The van der Waals surface area contributed by atoms with Gasteiger partial charge in [-0.2, -0.15) is 0 Å². The van der Waals surface area contributed by atoms with Crippen LogP contribution in [0, 0.1) is 0 Å². The third-order valence-electron chi connectivity index (χ3n) is 3.42. The number of carboxylic acids is 1. The molecule has 2 N–H and O–H groups in total. The smallest absolute Gasteiger partial charge is 0.341 e. The van der Waals surface area contributed by atoms with E-state index in [9.17, 15) is 9.59 Å². The van der Waals surface area contributed by atoms with Crippen LogP contribution >= 0.6 is 0 Å². The quantitative estimate of drug-likeness (QED) is 0.731. The summed E-state index contributed by atoms with van der Waals surface area (Å²) < 4.78 is 10.5. The summed E-state index contributed by atoms with van der Waals surface area (Å²) in [7, 11) is 0. The third-order valence-corrected chi connectivity index (χ3v) is 3.42. The van der Waals surface area contributed by atoms with E-state index in [0.717, 1.165) is 5.56 Å². The van der Waals surface area contributed by atoms with E-state index < -0.39 is 5.97 Å². The van der Waals surface area contributed by atoms with Crippen LogP contribution in [0.1, 0.15) is 22.8 Å². The van der Waals surface area contributed by atoms with Gasteiger partial charge in [0.2, 0.25) is 0 Å². The molecule has 0 aliphatic rings. The molecule has 0 fully saturated rings. The van der Waals surface area contributed by atoms with Crippen LogP contribution in [0.4, 0.5) is 0 Å². The number of carbonyl (C=O) groups is 2. The van der Waals surface area contributed by atoms with E-state index in [1.807, 2.05) is 25.1 Å². The standard InChI is InChI=1S/C19H21NO5/c1-2-24-17-6-4-3-5-16(17)19(23)20-12-11-14-7-9-15(10-8-14)25-13-18(21)22/h3-10H,2,11-13H2,1H3,(H,20,23)(H,21,22). The Morgan fingerprint density at radius 1 is 1.04 bits per heavy atom. The second-order valence-corrected chi connectivity index (χ2v) is 5.26. The second-order valence-electron chi connectivity index (χ2n) is 5.26. The molecule has 25 heavy (non-hydrogen) atoms. The van der Waals surface area contributed by atoms with Crippen molar-refractivity contribution in [2.75, 3.05) is 19.8 Å². The lowest BCUT2D eigenvalue weighted by Crippen LogP contribution is -2.26. The summed E-state index contributed by atoms with van der Waals surface area (Å²) >= 11 is 0. The molecule has 2 aromatic rings. The van der Waals surface area contributed by atoms with Crippen LogP contribution in [-0.4, -0.2) is 36.7 Å². The maximum atomic E-state index is 12.3. The van der Waals surface area contributed by atoms with Crippen molar-refractivity contribution in [2.45, 2.75) is 13.3 Å². The minimum Gasteiger partial charge on any atom is -0.493 e. The maximum Gasteiger partial charge on any atom is 0.341 e. The van der Waals surface area contributed by atoms with E-state index in [-0.39, 0.29) is 12.5 Å². The first-order valence-electron chi connectivity index (χ1n) is 8.03. The fourth-order valence-corrected chi connectivity index (χ4v) is 2.25. The number of aliphatic carboxylic acids is 1. The molecule has 0 aliphatic carbocycles. The van der Waals surface area contributed by atoms with E-state index in [1.165, 1.54) is 0 Å². The normalized spacial score (nSPS) is 10.1. The summed E-state index contributed by atoms with van der Waals surface area (Å²) in [6.07, 6.45) is 0.655. The Morgan fingerprint density at radius 3 is 2.44 bits per heavy atom. The Kier molecular flexibility index (Phi) is 6.83. The largest absolute Gasteiger partial charge is 0.493 e. The molecule has 6 heteroatoms. The highest BCUT2D eigenvalue weighted by atomic mass is 16.5. The minimum atomic E-state index is -1.01. The number of para-hydroxylation sites is 1. The zero-order valence-electron chi connectivity index (χ0n) is 14.0. The van der Waals surface area contributed by atoms with Crippen molar-refractivity contribution in [3.05, 3.63) is 59.7 Å². The maximum absolute atomic E-state index is 12.3. The fraction of sp³-hybridized carbons (Fsp3) is 0.263. The second kappa shape index (κ2) is 9.32. The molecule has 1 amide bonds. The van der Waals surface area contributed by atoms with Crippen LogP contribution in [0.5, 0.6) is 11.5 Å². The Labute approximate surface area is 146 Å². The van der Waals surface area contributed by atoms with Crippen LogP contribution < -0.4 is 14.8 Å². The Balaban J connectivity index is 1.84. The topological polar surface area (TPSA) is 84.9 Å². The summed E-state index contributed by atoms with van der Waals surface area (Å²) in [4.78, 5) is 22.7. The summed E-state index contributed by atoms with van der Waals surface area (Å²) in [5.41, 5.74) is 1.53. The van der Waals surface area contributed by atoms with Crippen molar-refractivity contribution in [1.82, 2.24) is 5.32 Å². The van der Waals surface area contributed by atoms with Crippen molar-refractivity contribution in [1.29, 1.82) is 0 Å². The van der Waals surface area contributed by atoms with Gasteiger partial charge in [-0.05, 0) is 43.2 Å². The van der Waals surface area contributed by atoms with Gasteiger partial charge < -0.3 is 19.9 Å². The van der Waals surface area contributed by atoms with E-state index >= 15 is 0 Å². The van der Waals surface area contributed by atoms with Gasteiger partial charge in [0.1, 0.15) is 11.5 Å². The van der Waals surface area contributed by atoms with Gasteiger partial charge in [-0.1, -0.05) is 24.3 Å². The Bertz CT molecular complexity index is 712. The Morgan fingerprint density at radius 2 is 1.76 bits per heavy atom. The molecule has 0 heterocycles. The number of carboxylic acid groups (broad SMARTS) is 1.